The van der Waals surface area contributed by atoms with E-state index in [1.54, 1.807) is 0 Å². The zero-order chi connectivity index (χ0) is 9.42. The zero-order valence-corrected chi connectivity index (χ0v) is 8.66. The molecule has 0 radical (unpaired) electrons. The van der Waals surface area contributed by atoms with E-state index in [4.69, 9.17) is 34.8 Å². The Hall–Kier alpha value is -0.500. The van der Waals surface area contributed by atoms with E-state index in [1.807, 2.05) is 24.3 Å². The second-order valence-corrected chi connectivity index (χ2v) is 3.65. The normalized spacial score (nSPS) is 10.7. The van der Waals surface area contributed by atoms with E-state index in [0.29, 0.717) is 10.2 Å². The molecule has 2 rings (SSSR count). The van der Waals surface area contributed by atoms with E-state index >= 15 is 0 Å². The lowest BCUT2D eigenvalue weighted by molar-refractivity contribution is 1.36. The third kappa shape index (κ3) is 1.48. The van der Waals surface area contributed by atoms with Gasteiger partial charge < -0.3 is 0 Å². The molecule has 0 aliphatic heterocycles. The van der Waals surface area contributed by atoms with Gasteiger partial charge in [-0.15, -0.1) is 0 Å². The third-order valence-corrected chi connectivity index (χ3v) is 2.80. The van der Waals surface area contributed by atoms with Gasteiger partial charge >= 0.3 is 0 Å². The first-order chi connectivity index (χ1) is 6.20. The zero-order valence-electron chi connectivity index (χ0n) is 6.39. The molecule has 1 aromatic carbocycles. The third-order valence-electron chi connectivity index (χ3n) is 1.76. The van der Waals surface area contributed by atoms with Crippen molar-refractivity contribution in [3.05, 3.63) is 39.6 Å². The number of halogens is 3. The van der Waals surface area contributed by atoms with Gasteiger partial charge in [-0.3, -0.25) is 0 Å². The maximum atomic E-state index is 5.94. The molecule has 13 heavy (non-hydrogen) atoms. The summed E-state index contributed by atoms with van der Waals surface area (Å²) in [5.41, 5.74) is 0. The van der Waals surface area contributed by atoms with Crippen molar-refractivity contribution in [2.75, 3.05) is 0 Å². The van der Waals surface area contributed by atoms with Crippen LogP contribution in [-0.2, 0) is 0 Å². The van der Waals surface area contributed by atoms with Crippen LogP contribution in [0.3, 0.4) is 0 Å². The Kier molecular flexibility index (Phi) is 2.33. The number of hydrogen-bond acceptors (Lipinski definition) is 1. The van der Waals surface area contributed by atoms with Gasteiger partial charge in [0, 0.05) is 10.8 Å². The Labute approximate surface area is 90.2 Å². The first-order valence-corrected chi connectivity index (χ1v) is 4.73. The molecule has 0 atom stereocenters. The standard InChI is InChI=1S/C9H4Cl3N/c10-7-5-3-1-2-4-6(5)8(11)13-9(7)12/h1-4H. The molecule has 0 N–H and O–H groups in total. The van der Waals surface area contributed by atoms with Crippen molar-refractivity contribution in [1.29, 1.82) is 0 Å². The summed E-state index contributed by atoms with van der Waals surface area (Å²) in [6.07, 6.45) is 0. The number of nitrogens with zero attached hydrogens (tertiary/aromatic N) is 1. The van der Waals surface area contributed by atoms with Crippen LogP contribution in [0.5, 0.6) is 0 Å². The summed E-state index contributed by atoms with van der Waals surface area (Å²) in [5, 5.41) is 2.71. The van der Waals surface area contributed by atoms with E-state index in [0.717, 1.165) is 10.8 Å². The Balaban J connectivity index is 2.97. The van der Waals surface area contributed by atoms with Gasteiger partial charge in [-0.25, -0.2) is 4.98 Å². The Bertz CT molecular complexity index is 468. The predicted molar refractivity (Wildman–Crippen MR) is 56.8 cm³/mol. The van der Waals surface area contributed by atoms with Gasteiger partial charge in [0.2, 0.25) is 0 Å². The molecule has 0 unspecified atom stereocenters. The largest absolute Gasteiger partial charge is 0.222 e. The van der Waals surface area contributed by atoms with Crippen molar-refractivity contribution in [2.24, 2.45) is 0 Å². The smallest absolute Gasteiger partial charge is 0.150 e. The number of rotatable bonds is 0. The van der Waals surface area contributed by atoms with Gasteiger partial charge in [0.25, 0.3) is 0 Å². The van der Waals surface area contributed by atoms with E-state index < -0.39 is 0 Å². The molecule has 0 saturated carbocycles. The number of aromatic nitrogens is 1. The SMILES string of the molecule is Clc1nc(Cl)c2ccccc2c1Cl. The van der Waals surface area contributed by atoms with Crippen molar-refractivity contribution in [3.8, 4) is 0 Å². The van der Waals surface area contributed by atoms with E-state index in [9.17, 15) is 0 Å². The fourth-order valence-electron chi connectivity index (χ4n) is 1.16. The summed E-state index contributed by atoms with van der Waals surface area (Å²) in [6.45, 7) is 0. The lowest BCUT2D eigenvalue weighted by Gasteiger charge is -2.02. The van der Waals surface area contributed by atoms with Crippen LogP contribution >= 0.6 is 34.8 Å². The second kappa shape index (κ2) is 3.33. The van der Waals surface area contributed by atoms with Crippen molar-refractivity contribution < 1.29 is 0 Å². The van der Waals surface area contributed by atoms with Crippen LogP contribution in [-0.4, -0.2) is 4.98 Å². The Morgan fingerprint density at radius 1 is 0.846 bits per heavy atom. The van der Waals surface area contributed by atoms with Gasteiger partial charge in [0.05, 0.1) is 5.02 Å². The van der Waals surface area contributed by atoms with Crippen LogP contribution in [0.2, 0.25) is 15.3 Å². The molecular formula is C9H4Cl3N. The Morgan fingerprint density at radius 2 is 1.46 bits per heavy atom. The summed E-state index contributed by atoms with van der Waals surface area (Å²) < 4.78 is 0. The monoisotopic (exact) mass is 231 g/mol. The van der Waals surface area contributed by atoms with Gasteiger partial charge in [0.1, 0.15) is 10.3 Å². The van der Waals surface area contributed by atoms with Crippen LogP contribution in [0.4, 0.5) is 0 Å². The first-order valence-electron chi connectivity index (χ1n) is 3.59. The average molecular weight is 232 g/mol. The topological polar surface area (TPSA) is 12.9 Å². The molecule has 0 fully saturated rings. The minimum Gasteiger partial charge on any atom is -0.222 e. The summed E-state index contributed by atoms with van der Waals surface area (Å²) in [6, 6.07) is 7.46. The maximum absolute atomic E-state index is 5.94. The highest BCUT2D eigenvalue weighted by Crippen LogP contribution is 2.32. The average Bonchev–Trinajstić information content (AvgIpc) is 2.15. The molecular weight excluding hydrogens is 228 g/mol. The summed E-state index contributed by atoms with van der Waals surface area (Å²) >= 11 is 17.6. The number of pyridine rings is 1. The molecule has 0 aliphatic carbocycles. The molecule has 0 spiro atoms. The maximum Gasteiger partial charge on any atom is 0.150 e. The van der Waals surface area contributed by atoms with Gasteiger partial charge in [-0.1, -0.05) is 59.1 Å². The molecule has 66 valence electrons. The minimum atomic E-state index is 0.241. The minimum absolute atomic E-state index is 0.241. The molecule has 0 aliphatic rings. The highest BCUT2D eigenvalue weighted by atomic mass is 35.5. The van der Waals surface area contributed by atoms with Crippen LogP contribution in [0.15, 0.2) is 24.3 Å². The Morgan fingerprint density at radius 3 is 2.15 bits per heavy atom. The molecule has 0 amide bonds. The predicted octanol–water partition coefficient (Wildman–Crippen LogP) is 4.20. The molecule has 0 bridgehead atoms. The van der Waals surface area contributed by atoms with Crippen LogP contribution in [0.25, 0.3) is 10.8 Å². The summed E-state index contributed by atoms with van der Waals surface area (Å²) in [7, 11) is 0. The molecule has 1 nitrogen and oxygen atoms in total. The summed E-state index contributed by atoms with van der Waals surface area (Å²) in [5.74, 6) is 0. The van der Waals surface area contributed by atoms with Crippen molar-refractivity contribution in [1.82, 2.24) is 4.98 Å². The molecule has 0 saturated heterocycles. The highest BCUT2D eigenvalue weighted by Gasteiger charge is 2.08. The van der Waals surface area contributed by atoms with Crippen molar-refractivity contribution >= 4 is 45.6 Å². The molecule has 2 aromatic rings. The van der Waals surface area contributed by atoms with Gasteiger partial charge in [0.15, 0.2) is 0 Å². The highest BCUT2D eigenvalue weighted by molar-refractivity contribution is 6.46. The van der Waals surface area contributed by atoms with E-state index in [1.165, 1.54) is 0 Å². The quantitative estimate of drug-likeness (QED) is 0.621. The number of benzene rings is 1. The molecule has 1 aromatic heterocycles. The molecule has 1 heterocycles. The number of hydrogen-bond donors (Lipinski definition) is 0. The van der Waals surface area contributed by atoms with Gasteiger partial charge in [-0.05, 0) is 0 Å². The lowest BCUT2D eigenvalue weighted by atomic mass is 10.2. The van der Waals surface area contributed by atoms with E-state index in [-0.39, 0.29) is 5.15 Å². The van der Waals surface area contributed by atoms with Crippen molar-refractivity contribution in [3.63, 3.8) is 0 Å². The van der Waals surface area contributed by atoms with Crippen LogP contribution < -0.4 is 0 Å². The fraction of sp³-hybridized carbons (Fsp3) is 0. The number of fused-ring (bicyclic) bond motifs is 1. The summed E-state index contributed by atoms with van der Waals surface area (Å²) in [4.78, 5) is 3.90. The fourth-order valence-corrected chi connectivity index (χ4v) is 1.85. The molecule has 4 heteroatoms. The van der Waals surface area contributed by atoms with Crippen molar-refractivity contribution in [2.45, 2.75) is 0 Å². The second-order valence-electron chi connectivity index (χ2n) is 2.55. The van der Waals surface area contributed by atoms with E-state index in [2.05, 4.69) is 4.98 Å². The first kappa shape index (κ1) is 9.07. The van der Waals surface area contributed by atoms with Gasteiger partial charge in [-0.2, -0.15) is 0 Å². The lowest BCUT2D eigenvalue weighted by Crippen LogP contribution is -1.82. The van der Waals surface area contributed by atoms with Crippen LogP contribution in [0, 0.1) is 0 Å². The van der Waals surface area contributed by atoms with Crippen LogP contribution in [0.1, 0.15) is 0 Å².